The summed E-state index contributed by atoms with van der Waals surface area (Å²) < 4.78 is 27.7. The summed E-state index contributed by atoms with van der Waals surface area (Å²) in [5.41, 5.74) is 1.01. The van der Waals surface area contributed by atoms with Gasteiger partial charge in [-0.15, -0.1) is 0 Å². The molecular formula is C17H28N4O4S. The first-order chi connectivity index (χ1) is 12.4. The van der Waals surface area contributed by atoms with Gasteiger partial charge in [0.2, 0.25) is 15.9 Å². The number of benzene rings is 1. The van der Waals surface area contributed by atoms with E-state index in [-0.39, 0.29) is 10.8 Å². The van der Waals surface area contributed by atoms with Crippen LogP contribution in [0.1, 0.15) is 12.0 Å². The average Bonchev–Trinajstić information content (AvgIpc) is 2.62. The van der Waals surface area contributed by atoms with Crippen molar-refractivity contribution in [2.24, 2.45) is 5.14 Å². The SMILES string of the molecule is NS(=O)(=O)c1ccc(CCNCCC(=O)NCCN2CCOCC2)cc1. The number of sulfonamides is 1. The van der Waals surface area contributed by atoms with Gasteiger partial charge in [0.15, 0.2) is 0 Å². The van der Waals surface area contributed by atoms with Crippen LogP contribution in [0.4, 0.5) is 0 Å². The van der Waals surface area contributed by atoms with Gasteiger partial charge >= 0.3 is 0 Å². The van der Waals surface area contributed by atoms with Crippen LogP contribution in [0.3, 0.4) is 0 Å². The van der Waals surface area contributed by atoms with Crippen molar-refractivity contribution in [1.29, 1.82) is 0 Å². The van der Waals surface area contributed by atoms with Crippen LogP contribution in [0, 0.1) is 0 Å². The van der Waals surface area contributed by atoms with E-state index < -0.39 is 10.0 Å². The third kappa shape index (κ3) is 7.79. The summed E-state index contributed by atoms with van der Waals surface area (Å²) in [6.45, 7) is 6.23. The summed E-state index contributed by atoms with van der Waals surface area (Å²) in [5.74, 6) is 0.0447. The van der Waals surface area contributed by atoms with Crippen LogP contribution in [-0.2, 0) is 26.0 Å². The standard InChI is InChI=1S/C17H28N4O4S/c18-26(23,24)16-3-1-15(2-4-16)5-7-19-8-6-17(22)20-9-10-21-11-13-25-14-12-21/h1-4,19H,5-14H2,(H,20,22)(H2,18,23,24). The number of nitrogens with two attached hydrogens (primary N) is 1. The molecule has 1 saturated heterocycles. The van der Waals surface area contributed by atoms with Gasteiger partial charge in [-0.3, -0.25) is 9.69 Å². The van der Waals surface area contributed by atoms with Crippen LogP contribution in [0.2, 0.25) is 0 Å². The molecule has 0 aromatic heterocycles. The molecule has 1 fully saturated rings. The van der Waals surface area contributed by atoms with Crippen molar-refractivity contribution < 1.29 is 17.9 Å². The minimum atomic E-state index is -3.64. The number of amides is 1. The van der Waals surface area contributed by atoms with E-state index in [2.05, 4.69) is 15.5 Å². The normalized spacial score (nSPS) is 15.7. The first kappa shape index (κ1) is 20.8. The van der Waals surface area contributed by atoms with Crippen molar-refractivity contribution in [3.8, 4) is 0 Å². The second-order valence-electron chi connectivity index (χ2n) is 6.24. The monoisotopic (exact) mass is 384 g/mol. The van der Waals surface area contributed by atoms with Gasteiger partial charge in [0.1, 0.15) is 0 Å². The number of morpholine rings is 1. The van der Waals surface area contributed by atoms with Crippen molar-refractivity contribution in [3.05, 3.63) is 29.8 Å². The lowest BCUT2D eigenvalue weighted by Gasteiger charge is -2.26. The minimum absolute atomic E-state index is 0.0447. The maximum absolute atomic E-state index is 11.8. The number of hydrogen-bond donors (Lipinski definition) is 3. The Labute approximate surface area is 155 Å². The highest BCUT2D eigenvalue weighted by Crippen LogP contribution is 2.08. The summed E-state index contributed by atoms with van der Waals surface area (Å²) in [4.78, 5) is 14.2. The van der Waals surface area contributed by atoms with Crippen LogP contribution < -0.4 is 15.8 Å². The molecule has 26 heavy (non-hydrogen) atoms. The third-order valence-corrected chi connectivity index (χ3v) is 5.15. The summed E-state index contributed by atoms with van der Waals surface area (Å²) in [7, 11) is -3.64. The third-order valence-electron chi connectivity index (χ3n) is 4.23. The molecule has 0 spiro atoms. The Morgan fingerprint density at radius 2 is 1.81 bits per heavy atom. The van der Waals surface area contributed by atoms with E-state index in [9.17, 15) is 13.2 Å². The van der Waals surface area contributed by atoms with E-state index in [0.29, 0.717) is 19.5 Å². The lowest BCUT2D eigenvalue weighted by Crippen LogP contribution is -2.41. The molecule has 146 valence electrons. The van der Waals surface area contributed by atoms with Crippen molar-refractivity contribution in [2.75, 3.05) is 52.5 Å². The molecule has 9 heteroatoms. The van der Waals surface area contributed by atoms with E-state index in [1.54, 1.807) is 12.1 Å². The molecule has 0 aliphatic carbocycles. The lowest BCUT2D eigenvalue weighted by molar-refractivity contribution is -0.121. The Balaban J connectivity index is 1.52. The van der Waals surface area contributed by atoms with Gasteiger partial charge in [0.05, 0.1) is 18.1 Å². The topological polar surface area (TPSA) is 114 Å². The molecule has 4 N–H and O–H groups in total. The smallest absolute Gasteiger partial charge is 0.238 e. The first-order valence-corrected chi connectivity index (χ1v) is 10.4. The quantitative estimate of drug-likeness (QED) is 0.460. The van der Waals surface area contributed by atoms with Gasteiger partial charge in [0.25, 0.3) is 0 Å². The highest BCUT2D eigenvalue weighted by molar-refractivity contribution is 7.89. The Hall–Kier alpha value is -1.52. The number of nitrogens with zero attached hydrogens (tertiary/aromatic N) is 1. The molecule has 8 nitrogen and oxygen atoms in total. The van der Waals surface area contributed by atoms with Gasteiger partial charge in [-0.2, -0.15) is 0 Å². The molecule has 1 aromatic carbocycles. The van der Waals surface area contributed by atoms with Crippen LogP contribution in [0.15, 0.2) is 29.2 Å². The Morgan fingerprint density at radius 1 is 1.12 bits per heavy atom. The number of carbonyl (C=O) groups is 1. The van der Waals surface area contributed by atoms with Crippen molar-refractivity contribution in [1.82, 2.24) is 15.5 Å². The number of primary sulfonamides is 1. The highest BCUT2D eigenvalue weighted by atomic mass is 32.2. The van der Waals surface area contributed by atoms with Gasteiger partial charge < -0.3 is 15.4 Å². The Bertz CT molecular complexity index is 658. The maximum Gasteiger partial charge on any atom is 0.238 e. The number of ether oxygens (including phenoxy) is 1. The molecule has 1 heterocycles. The Morgan fingerprint density at radius 3 is 2.46 bits per heavy atom. The fourth-order valence-corrected chi connectivity index (χ4v) is 3.19. The van der Waals surface area contributed by atoms with Gasteiger partial charge in [-0.1, -0.05) is 12.1 Å². The van der Waals surface area contributed by atoms with Gasteiger partial charge in [0, 0.05) is 39.1 Å². The number of carbonyl (C=O) groups excluding carboxylic acids is 1. The van der Waals surface area contributed by atoms with Crippen molar-refractivity contribution in [2.45, 2.75) is 17.7 Å². The molecule has 0 atom stereocenters. The van der Waals surface area contributed by atoms with E-state index in [1.165, 1.54) is 12.1 Å². The predicted octanol–water partition coefficient (Wildman–Crippen LogP) is -0.695. The zero-order valence-corrected chi connectivity index (χ0v) is 15.8. The molecule has 1 aliphatic rings. The molecule has 0 unspecified atom stereocenters. The lowest BCUT2D eigenvalue weighted by atomic mass is 10.1. The summed E-state index contributed by atoms with van der Waals surface area (Å²) in [6.07, 6.45) is 1.19. The van der Waals surface area contributed by atoms with Gasteiger partial charge in [-0.05, 0) is 30.7 Å². The van der Waals surface area contributed by atoms with Crippen LogP contribution in [0.5, 0.6) is 0 Å². The van der Waals surface area contributed by atoms with Crippen LogP contribution >= 0.6 is 0 Å². The van der Waals surface area contributed by atoms with E-state index in [1.807, 2.05) is 0 Å². The Kier molecular flexibility index (Phi) is 8.46. The van der Waals surface area contributed by atoms with Crippen molar-refractivity contribution in [3.63, 3.8) is 0 Å². The number of nitrogens with one attached hydrogen (secondary N) is 2. The number of hydrogen-bond acceptors (Lipinski definition) is 6. The molecule has 1 aliphatic heterocycles. The summed E-state index contributed by atoms with van der Waals surface area (Å²) in [5, 5.41) is 11.2. The molecule has 1 aromatic rings. The second-order valence-corrected chi connectivity index (χ2v) is 7.80. The average molecular weight is 385 g/mol. The molecule has 0 radical (unpaired) electrons. The fourth-order valence-electron chi connectivity index (χ4n) is 2.67. The summed E-state index contributed by atoms with van der Waals surface area (Å²) in [6, 6.07) is 6.51. The molecule has 2 rings (SSSR count). The van der Waals surface area contributed by atoms with E-state index in [4.69, 9.17) is 9.88 Å². The fraction of sp³-hybridized carbons (Fsp3) is 0.588. The van der Waals surface area contributed by atoms with Gasteiger partial charge in [-0.25, -0.2) is 13.6 Å². The zero-order valence-electron chi connectivity index (χ0n) is 14.9. The zero-order chi connectivity index (χ0) is 18.8. The number of rotatable bonds is 10. The predicted molar refractivity (Wildman–Crippen MR) is 99.3 cm³/mol. The minimum Gasteiger partial charge on any atom is -0.379 e. The van der Waals surface area contributed by atoms with E-state index >= 15 is 0 Å². The molecular weight excluding hydrogens is 356 g/mol. The molecule has 1 amide bonds. The largest absolute Gasteiger partial charge is 0.379 e. The molecule has 0 bridgehead atoms. The highest BCUT2D eigenvalue weighted by Gasteiger charge is 2.10. The van der Waals surface area contributed by atoms with E-state index in [0.717, 1.165) is 51.4 Å². The van der Waals surface area contributed by atoms with Crippen molar-refractivity contribution >= 4 is 15.9 Å². The molecule has 0 saturated carbocycles. The maximum atomic E-state index is 11.8. The second kappa shape index (κ2) is 10.6. The first-order valence-electron chi connectivity index (χ1n) is 8.84. The summed E-state index contributed by atoms with van der Waals surface area (Å²) >= 11 is 0. The van der Waals surface area contributed by atoms with Crippen LogP contribution in [0.25, 0.3) is 0 Å². The van der Waals surface area contributed by atoms with Crippen LogP contribution in [-0.4, -0.2) is 71.7 Å².